The molecule has 342 valence electrons. The largest absolute Gasteiger partial charge is 0.394 e. The van der Waals surface area contributed by atoms with Crippen LogP contribution in [-0.4, -0.2) is 87.5 Å². The minimum atomic E-state index is -1.56. The molecule has 0 saturated carbocycles. The molecule has 1 fully saturated rings. The third-order valence-electron chi connectivity index (χ3n) is 10.5. The summed E-state index contributed by atoms with van der Waals surface area (Å²) in [5, 5.41) is 54.1. The average Bonchev–Trinajstić information content (AvgIpc) is 3.25. The molecule has 0 aromatic carbocycles. The summed E-state index contributed by atoms with van der Waals surface area (Å²) < 4.78 is 11.2. The maximum atomic E-state index is 12.9. The van der Waals surface area contributed by atoms with Gasteiger partial charge in [-0.2, -0.15) is 0 Å². The number of carbonyl (C=O) groups excluding carboxylic acids is 1. The summed E-state index contributed by atoms with van der Waals surface area (Å²) in [4.78, 5) is 12.9. The molecule has 7 atom stereocenters. The van der Waals surface area contributed by atoms with Crippen LogP contribution in [0.25, 0.3) is 0 Å². The molecule has 1 amide bonds. The molecule has 1 heterocycles. The molecule has 1 aliphatic heterocycles. The first-order valence-corrected chi connectivity index (χ1v) is 23.4. The Morgan fingerprint density at radius 2 is 1.03 bits per heavy atom. The van der Waals surface area contributed by atoms with Gasteiger partial charge in [0.05, 0.1) is 25.4 Å². The van der Waals surface area contributed by atoms with E-state index in [4.69, 9.17) is 9.47 Å². The Morgan fingerprint density at radius 3 is 1.53 bits per heavy atom. The third-order valence-corrected chi connectivity index (χ3v) is 10.5. The van der Waals surface area contributed by atoms with Gasteiger partial charge in [0.25, 0.3) is 0 Å². The van der Waals surface area contributed by atoms with E-state index in [2.05, 4.69) is 116 Å². The molecule has 0 aromatic rings. The summed E-state index contributed by atoms with van der Waals surface area (Å²) >= 11 is 0. The van der Waals surface area contributed by atoms with E-state index in [1.807, 2.05) is 0 Å². The van der Waals surface area contributed by atoms with Crippen molar-refractivity contribution in [2.24, 2.45) is 0 Å². The predicted octanol–water partition coefficient (Wildman–Crippen LogP) is 10.1. The van der Waals surface area contributed by atoms with Crippen LogP contribution in [0.3, 0.4) is 0 Å². The minimum Gasteiger partial charge on any atom is -0.394 e. The smallest absolute Gasteiger partial charge is 0.220 e. The van der Waals surface area contributed by atoms with Crippen LogP contribution in [0.5, 0.6) is 0 Å². The zero-order valence-corrected chi connectivity index (χ0v) is 37.4. The minimum absolute atomic E-state index is 0.156. The molecule has 0 spiro atoms. The molecule has 0 aromatic heterocycles. The maximum Gasteiger partial charge on any atom is 0.220 e. The van der Waals surface area contributed by atoms with Gasteiger partial charge in [-0.15, -0.1) is 0 Å². The van der Waals surface area contributed by atoms with Crippen molar-refractivity contribution in [3.05, 3.63) is 97.2 Å². The number of hydrogen-bond acceptors (Lipinski definition) is 8. The van der Waals surface area contributed by atoms with Crippen LogP contribution in [0.15, 0.2) is 97.2 Å². The fourth-order valence-corrected chi connectivity index (χ4v) is 6.70. The molecule has 0 bridgehead atoms. The lowest BCUT2D eigenvalue weighted by molar-refractivity contribution is -0.302. The Kier molecular flexibility index (Phi) is 36.9. The van der Waals surface area contributed by atoms with E-state index in [0.717, 1.165) is 103 Å². The van der Waals surface area contributed by atoms with Crippen molar-refractivity contribution in [3.8, 4) is 0 Å². The van der Waals surface area contributed by atoms with E-state index < -0.39 is 49.5 Å². The van der Waals surface area contributed by atoms with Gasteiger partial charge in [-0.1, -0.05) is 175 Å². The van der Waals surface area contributed by atoms with Crippen LogP contribution in [0.2, 0.25) is 0 Å². The molecule has 1 rings (SSSR count). The molecule has 9 nitrogen and oxygen atoms in total. The Hall–Kier alpha value is -2.89. The zero-order chi connectivity index (χ0) is 43.7. The highest BCUT2D eigenvalue weighted by atomic mass is 16.7. The SMILES string of the molecule is CC/C=C\C/C=C\C/C=C\C/C=C\C/C=C\C/C=C\C/C=C\C/C=C\CCCCCCC(=O)NC(COC1OC(CO)C(O)C(O)C1O)C(O)CCCCCCCCCC. The third kappa shape index (κ3) is 30.2. The number of nitrogens with one attached hydrogen (secondary N) is 1. The number of unbranched alkanes of at least 4 members (excludes halogenated alkanes) is 11. The first-order chi connectivity index (χ1) is 29.3. The number of hydrogen-bond donors (Lipinski definition) is 6. The number of carbonyl (C=O) groups is 1. The molecule has 9 heteroatoms. The van der Waals surface area contributed by atoms with E-state index in [1.165, 1.54) is 32.1 Å². The Bertz CT molecular complexity index is 1250. The Morgan fingerprint density at radius 1 is 0.583 bits per heavy atom. The molecular formula is C51H85NO8. The van der Waals surface area contributed by atoms with Crippen LogP contribution >= 0.6 is 0 Å². The van der Waals surface area contributed by atoms with Gasteiger partial charge < -0.3 is 40.3 Å². The number of allylic oxidation sites excluding steroid dienone is 16. The fraction of sp³-hybridized carbons (Fsp3) is 0.667. The summed E-state index contributed by atoms with van der Waals surface area (Å²) in [6, 6.07) is -0.737. The van der Waals surface area contributed by atoms with Gasteiger partial charge in [0.15, 0.2) is 6.29 Å². The lowest BCUT2D eigenvalue weighted by atomic mass is 9.99. The number of aliphatic hydroxyl groups is 5. The van der Waals surface area contributed by atoms with Crippen molar-refractivity contribution >= 4 is 5.91 Å². The van der Waals surface area contributed by atoms with Gasteiger partial charge in [-0.05, 0) is 77.0 Å². The van der Waals surface area contributed by atoms with E-state index in [1.54, 1.807) is 0 Å². The van der Waals surface area contributed by atoms with E-state index in [0.29, 0.717) is 12.8 Å². The van der Waals surface area contributed by atoms with E-state index in [-0.39, 0.29) is 12.5 Å². The molecule has 0 radical (unpaired) electrons. The number of ether oxygens (including phenoxy) is 2. The highest BCUT2D eigenvalue weighted by molar-refractivity contribution is 5.76. The van der Waals surface area contributed by atoms with Gasteiger partial charge in [0, 0.05) is 6.42 Å². The lowest BCUT2D eigenvalue weighted by Gasteiger charge is -2.40. The summed E-state index contributed by atoms with van der Waals surface area (Å²) in [5.41, 5.74) is 0. The predicted molar refractivity (Wildman–Crippen MR) is 248 cm³/mol. The second kappa shape index (κ2) is 40.2. The monoisotopic (exact) mass is 840 g/mol. The maximum absolute atomic E-state index is 12.9. The molecule has 6 N–H and O–H groups in total. The molecule has 60 heavy (non-hydrogen) atoms. The van der Waals surface area contributed by atoms with E-state index in [9.17, 15) is 30.3 Å². The van der Waals surface area contributed by atoms with Gasteiger partial charge in [0.2, 0.25) is 5.91 Å². The van der Waals surface area contributed by atoms with Gasteiger partial charge in [0.1, 0.15) is 24.4 Å². The second-order valence-corrected chi connectivity index (χ2v) is 15.8. The Balaban J connectivity index is 2.25. The van der Waals surface area contributed by atoms with Crippen molar-refractivity contribution in [3.63, 3.8) is 0 Å². The van der Waals surface area contributed by atoms with Gasteiger partial charge in [-0.3, -0.25) is 4.79 Å². The van der Waals surface area contributed by atoms with Crippen molar-refractivity contribution in [1.82, 2.24) is 5.32 Å². The van der Waals surface area contributed by atoms with Gasteiger partial charge >= 0.3 is 0 Å². The Labute approximate surface area is 364 Å². The average molecular weight is 840 g/mol. The first-order valence-electron chi connectivity index (χ1n) is 23.4. The van der Waals surface area contributed by atoms with Crippen LogP contribution in [0.1, 0.15) is 162 Å². The van der Waals surface area contributed by atoms with Crippen molar-refractivity contribution < 1.29 is 39.8 Å². The number of aliphatic hydroxyl groups excluding tert-OH is 5. The lowest BCUT2D eigenvalue weighted by Crippen LogP contribution is -2.60. The topological polar surface area (TPSA) is 149 Å². The van der Waals surface area contributed by atoms with Crippen LogP contribution in [0, 0.1) is 0 Å². The highest BCUT2D eigenvalue weighted by Gasteiger charge is 2.44. The summed E-state index contributed by atoms with van der Waals surface area (Å²) in [6.07, 6.45) is 50.1. The number of rotatable bonds is 37. The van der Waals surface area contributed by atoms with Crippen LogP contribution in [0.4, 0.5) is 0 Å². The zero-order valence-electron chi connectivity index (χ0n) is 37.4. The number of amides is 1. The summed E-state index contributed by atoms with van der Waals surface area (Å²) in [5.74, 6) is -0.178. The normalized spacial score (nSPS) is 21.5. The van der Waals surface area contributed by atoms with Gasteiger partial charge in [-0.25, -0.2) is 0 Å². The molecule has 0 aliphatic carbocycles. The molecule has 1 aliphatic rings. The molecular weight excluding hydrogens is 755 g/mol. The molecule has 7 unspecified atom stereocenters. The summed E-state index contributed by atoms with van der Waals surface area (Å²) in [7, 11) is 0. The van der Waals surface area contributed by atoms with Crippen molar-refractivity contribution in [2.45, 2.75) is 204 Å². The van der Waals surface area contributed by atoms with Crippen molar-refractivity contribution in [2.75, 3.05) is 13.2 Å². The molecule has 1 saturated heterocycles. The fourth-order valence-electron chi connectivity index (χ4n) is 6.70. The second-order valence-electron chi connectivity index (χ2n) is 15.8. The standard InChI is InChI=1S/C51H85NO8/c1-3-5-7-9-11-13-14-15-16-17-18-19-20-21-22-23-24-25-26-27-28-29-30-31-32-33-35-37-39-41-47(55)52-44(45(54)40-38-36-34-12-10-8-6-4-2)43-59-51-50(58)49(57)48(56)46(42-53)60-51/h5,7,11,13,15-16,18-19,21-22,24-25,27-28,30-31,44-46,48-51,53-54,56-58H,3-4,6,8-10,12,14,17,20,23,26,29,32-43H2,1-2H3,(H,52,55)/b7-5-,13-11-,16-15-,19-18-,22-21-,25-24-,28-27-,31-30-. The highest BCUT2D eigenvalue weighted by Crippen LogP contribution is 2.23. The van der Waals surface area contributed by atoms with Crippen molar-refractivity contribution in [1.29, 1.82) is 0 Å². The summed E-state index contributed by atoms with van der Waals surface area (Å²) in [6.45, 7) is 3.64. The van der Waals surface area contributed by atoms with Crippen LogP contribution < -0.4 is 5.32 Å². The van der Waals surface area contributed by atoms with E-state index >= 15 is 0 Å². The quantitative estimate of drug-likeness (QED) is 0.0268. The first kappa shape index (κ1) is 55.1. The van der Waals surface area contributed by atoms with Crippen LogP contribution in [-0.2, 0) is 14.3 Å².